The highest BCUT2D eigenvalue weighted by Gasteiger charge is 2.17. The molecule has 0 fully saturated rings. The van der Waals surface area contributed by atoms with Crippen molar-refractivity contribution in [2.24, 2.45) is 0 Å². The van der Waals surface area contributed by atoms with Gasteiger partial charge in [-0.15, -0.1) is 0 Å². The maximum Gasteiger partial charge on any atom is 0.291 e. The van der Waals surface area contributed by atoms with E-state index in [1.54, 1.807) is 6.92 Å². The Morgan fingerprint density at radius 2 is 2.10 bits per heavy atom. The summed E-state index contributed by atoms with van der Waals surface area (Å²) >= 11 is 3.29. The van der Waals surface area contributed by atoms with Gasteiger partial charge in [0.15, 0.2) is 0 Å². The van der Waals surface area contributed by atoms with Gasteiger partial charge in [-0.05, 0) is 28.4 Å². The molecule has 0 saturated carbocycles. The summed E-state index contributed by atoms with van der Waals surface area (Å²) in [6.07, 6.45) is 0.521. The molecule has 110 valence electrons. The molecule has 0 bridgehead atoms. The van der Waals surface area contributed by atoms with Crippen molar-refractivity contribution in [1.82, 2.24) is 4.98 Å². The lowest BCUT2D eigenvalue weighted by molar-refractivity contribution is -0.385. The van der Waals surface area contributed by atoms with E-state index in [1.165, 1.54) is 6.20 Å². The number of aromatic nitrogens is 1. The summed E-state index contributed by atoms with van der Waals surface area (Å²) in [5.41, 5.74) is 1.24. The number of halogens is 1. The summed E-state index contributed by atoms with van der Waals surface area (Å²) in [7, 11) is 0. The molecule has 0 aliphatic rings. The van der Waals surface area contributed by atoms with Crippen molar-refractivity contribution in [3.05, 3.63) is 62.2 Å². The quantitative estimate of drug-likeness (QED) is 0.637. The fourth-order valence-corrected chi connectivity index (χ4v) is 2.31. The van der Waals surface area contributed by atoms with Crippen LogP contribution in [0, 0.1) is 17.0 Å². The summed E-state index contributed by atoms with van der Waals surface area (Å²) in [6, 6.07) is 9.23. The molecule has 0 aliphatic carbocycles. The van der Waals surface area contributed by atoms with Crippen molar-refractivity contribution in [2.75, 3.05) is 11.9 Å². The van der Waals surface area contributed by atoms with Gasteiger partial charge in [0.1, 0.15) is 12.0 Å². The molecular formula is C14H14BrN3O3. The molecule has 0 aliphatic heterocycles. The van der Waals surface area contributed by atoms with E-state index >= 15 is 0 Å². The van der Waals surface area contributed by atoms with E-state index in [4.69, 9.17) is 0 Å². The van der Waals surface area contributed by atoms with Crippen molar-refractivity contribution in [1.29, 1.82) is 0 Å². The molecule has 1 heterocycles. The lowest BCUT2D eigenvalue weighted by atomic mass is 10.1. The van der Waals surface area contributed by atoms with Crippen LogP contribution >= 0.6 is 15.9 Å². The maximum atomic E-state index is 10.8. The highest BCUT2D eigenvalue weighted by Crippen LogP contribution is 2.30. The third-order valence-electron chi connectivity index (χ3n) is 3.08. The summed E-state index contributed by atoms with van der Waals surface area (Å²) in [6.45, 7) is 1.90. The third-order valence-corrected chi connectivity index (χ3v) is 4.05. The molecule has 0 amide bonds. The zero-order chi connectivity index (χ0) is 15.4. The van der Waals surface area contributed by atoms with Crippen LogP contribution < -0.4 is 5.32 Å². The van der Waals surface area contributed by atoms with Gasteiger partial charge < -0.3 is 10.4 Å². The highest BCUT2D eigenvalue weighted by atomic mass is 79.9. The Morgan fingerprint density at radius 1 is 1.43 bits per heavy atom. The van der Waals surface area contributed by atoms with Crippen LogP contribution in [0.4, 0.5) is 11.5 Å². The second kappa shape index (κ2) is 6.64. The van der Waals surface area contributed by atoms with Gasteiger partial charge in [0.25, 0.3) is 5.69 Å². The van der Waals surface area contributed by atoms with E-state index in [-0.39, 0.29) is 12.2 Å². The molecule has 2 rings (SSSR count). The Balaban J connectivity index is 2.11. The number of hydrogen-bond acceptors (Lipinski definition) is 5. The number of aliphatic hydroxyl groups is 1. The molecule has 7 heteroatoms. The highest BCUT2D eigenvalue weighted by molar-refractivity contribution is 9.10. The average molecular weight is 352 g/mol. The third kappa shape index (κ3) is 3.56. The van der Waals surface area contributed by atoms with E-state index in [9.17, 15) is 15.2 Å². The van der Waals surface area contributed by atoms with Crippen LogP contribution in [-0.2, 0) is 0 Å². The predicted molar refractivity (Wildman–Crippen MR) is 83.2 cm³/mol. The van der Waals surface area contributed by atoms with Crippen molar-refractivity contribution in [2.45, 2.75) is 13.0 Å². The van der Waals surface area contributed by atoms with Gasteiger partial charge in [-0.25, -0.2) is 4.98 Å². The van der Waals surface area contributed by atoms with Crippen LogP contribution in [-0.4, -0.2) is 21.6 Å². The Bertz CT molecular complexity index is 649. The molecule has 2 N–H and O–H groups in total. The lowest BCUT2D eigenvalue weighted by Gasteiger charge is -2.14. The van der Waals surface area contributed by atoms with Crippen molar-refractivity contribution in [3.63, 3.8) is 0 Å². The first-order chi connectivity index (χ1) is 10.0. The van der Waals surface area contributed by atoms with Gasteiger partial charge in [-0.1, -0.05) is 30.3 Å². The molecule has 0 radical (unpaired) electrons. The van der Waals surface area contributed by atoms with Gasteiger partial charge in [-0.2, -0.15) is 0 Å². The molecule has 6 nitrogen and oxygen atoms in total. The molecule has 0 spiro atoms. The van der Waals surface area contributed by atoms with E-state index < -0.39 is 11.0 Å². The smallest absolute Gasteiger partial charge is 0.291 e. The van der Waals surface area contributed by atoms with E-state index in [1.807, 2.05) is 30.3 Å². The minimum atomic E-state index is -0.685. The van der Waals surface area contributed by atoms with Crippen molar-refractivity contribution in [3.8, 4) is 0 Å². The molecule has 1 unspecified atom stereocenters. The van der Waals surface area contributed by atoms with Crippen LogP contribution in [0.3, 0.4) is 0 Å². The van der Waals surface area contributed by atoms with E-state index in [0.717, 1.165) is 5.56 Å². The molecule has 0 saturated heterocycles. The van der Waals surface area contributed by atoms with Crippen LogP contribution in [0.5, 0.6) is 0 Å². The average Bonchev–Trinajstić information content (AvgIpc) is 2.49. The summed E-state index contributed by atoms with van der Waals surface area (Å²) in [5.74, 6) is 0.466. The largest absolute Gasteiger partial charge is 0.387 e. The van der Waals surface area contributed by atoms with Crippen LogP contribution in [0.25, 0.3) is 0 Å². The number of aliphatic hydroxyl groups excluding tert-OH is 1. The second-order valence-corrected chi connectivity index (χ2v) is 5.29. The number of hydrogen-bond donors (Lipinski definition) is 2. The van der Waals surface area contributed by atoms with Crippen molar-refractivity contribution >= 4 is 27.4 Å². The summed E-state index contributed by atoms with van der Waals surface area (Å²) in [4.78, 5) is 14.4. The first-order valence-corrected chi connectivity index (χ1v) is 7.06. The molecule has 2 aromatic rings. The molecular weight excluding hydrogens is 338 g/mol. The Morgan fingerprint density at radius 3 is 2.71 bits per heavy atom. The topological polar surface area (TPSA) is 88.3 Å². The van der Waals surface area contributed by atoms with Gasteiger partial charge >= 0.3 is 0 Å². The SMILES string of the molecule is Cc1c([N+](=O)[O-])cnc(NCC(O)c2ccccc2)c1Br. The summed E-state index contributed by atoms with van der Waals surface area (Å²) < 4.78 is 0.525. The maximum absolute atomic E-state index is 10.8. The molecule has 1 aromatic carbocycles. The number of anilines is 1. The number of rotatable bonds is 5. The van der Waals surface area contributed by atoms with E-state index in [2.05, 4.69) is 26.2 Å². The predicted octanol–water partition coefficient (Wildman–Crippen LogP) is 3.21. The zero-order valence-corrected chi connectivity index (χ0v) is 12.9. The van der Waals surface area contributed by atoms with Crippen molar-refractivity contribution < 1.29 is 10.0 Å². The fraction of sp³-hybridized carbons (Fsp3) is 0.214. The minimum Gasteiger partial charge on any atom is -0.387 e. The molecule has 21 heavy (non-hydrogen) atoms. The Labute approximate surface area is 130 Å². The monoisotopic (exact) mass is 351 g/mol. The van der Waals surface area contributed by atoms with E-state index in [0.29, 0.717) is 15.9 Å². The Kier molecular flexibility index (Phi) is 4.87. The van der Waals surface area contributed by atoms with Crippen LogP contribution in [0.15, 0.2) is 41.0 Å². The Hall–Kier alpha value is -1.99. The zero-order valence-electron chi connectivity index (χ0n) is 11.3. The normalized spacial score (nSPS) is 12.0. The number of nitrogens with zero attached hydrogens (tertiary/aromatic N) is 2. The molecule has 1 aromatic heterocycles. The fourth-order valence-electron chi connectivity index (χ4n) is 1.86. The lowest BCUT2D eigenvalue weighted by Crippen LogP contribution is -2.13. The number of nitrogens with one attached hydrogen (secondary N) is 1. The minimum absolute atomic E-state index is 0.0453. The first-order valence-electron chi connectivity index (χ1n) is 6.27. The number of nitro groups is 1. The summed E-state index contributed by atoms with van der Waals surface area (Å²) in [5, 5.41) is 23.9. The van der Waals surface area contributed by atoms with Crippen LogP contribution in [0.1, 0.15) is 17.2 Å². The molecule has 1 atom stereocenters. The first kappa shape index (κ1) is 15.4. The van der Waals surface area contributed by atoms with Gasteiger partial charge in [0, 0.05) is 12.1 Å². The number of benzene rings is 1. The van der Waals surface area contributed by atoms with Crippen LogP contribution in [0.2, 0.25) is 0 Å². The second-order valence-electron chi connectivity index (χ2n) is 4.50. The van der Waals surface area contributed by atoms with Gasteiger partial charge in [0.2, 0.25) is 0 Å². The van der Waals surface area contributed by atoms with Gasteiger partial charge in [0.05, 0.1) is 15.5 Å². The van der Waals surface area contributed by atoms with Gasteiger partial charge in [-0.3, -0.25) is 10.1 Å². The number of pyridine rings is 1. The standard InChI is InChI=1S/C14H14BrN3O3/c1-9-11(18(20)21)7-16-14(13(9)15)17-8-12(19)10-5-3-2-4-6-10/h2-7,12,19H,8H2,1H3,(H,16,17).